The van der Waals surface area contributed by atoms with Crippen molar-refractivity contribution in [1.82, 2.24) is 0 Å². The average Bonchev–Trinajstić information content (AvgIpc) is 2.37. The van der Waals surface area contributed by atoms with Crippen LogP contribution in [0.4, 0.5) is 11.4 Å². The Morgan fingerprint density at radius 1 is 1.45 bits per heavy atom. The molecule has 1 unspecified atom stereocenters. The van der Waals surface area contributed by atoms with Gasteiger partial charge in [-0.15, -0.1) is 0 Å². The van der Waals surface area contributed by atoms with E-state index in [0.717, 1.165) is 0 Å². The van der Waals surface area contributed by atoms with Gasteiger partial charge in [-0.05, 0) is 18.6 Å². The summed E-state index contributed by atoms with van der Waals surface area (Å²) < 4.78 is 4.83. The van der Waals surface area contributed by atoms with Gasteiger partial charge in [-0.3, -0.25) is 10.1 Å². The van der Waals surface area contributed by atoms with Crippen LogP contribution in [0.15, 0.2) is 18.2 Å². The van der Waals surface area contributed by atoms with E-state index in [1.165, 1.54) is 13.2 Å². The molecule has 0 spiro atoms. The maximum Gasteiger partial charge on any atom is 0.292 e. The fourth-order valence-corrected chi connectivity index (χ4v) is 1.93. The van der Waals surface area contributed by atoms with E-state index in [0.29, 0.717) is 11.3 Å². The van der Waals surface area contributed by atoms with Crippen molar-refractivity contribution < 1.29 is 19.9 Å². The molecule has 112 valence electrons. The highest BCUT2D eigenvalue weighted by Crippen LogP contribution is 2.30. The van der Waals surface area contributed by atoms with E-state index in [9.17, 15) is 20.3 Å². The van der Waals surface area contributed by atoms with E-state index in [1.54, 1.807) is 31.0 Å². The molecule has 1 aromatic rings. The molecule has 0 fully saturated rings. The number of ether oxygens (including phenoxy) is 1. The van der Waals surface area contributed by atoms with E-state index in [1.807, 2.05) is 0 Å². The van der Waals surface area contributed by atoms with E-state index >= 15 is 0 Å². The normalized spacial score (nSPS) is 13.8. The molecule has 1 aromatic carbocycles. The van der Waals surface area contributed by atoms with Crippen LogP contribution in [0, 0.1) is 10.1 Å². The number of aliphatic hydroxyl groups is 2. The minimum absolute atomic E-state index is 0.101. The lowest BCUT2D eigenvalue weighted by atomic mass is 10.1. The topological polar surface area (TPSA) is 96.1 Å². The van der Waals surface area contributed by atoms with Gasteiger partial charge in [0.15, 0.2) is 0 Å². The second kappa shape index (κ2) is 7.18. The van der Waals surface area contributed by atoms with Gasteiger partial charge in [0, 0.05) is 26.8 Å². The molecule has 0 radical (unpaired) electrons. The van der Waals surface area contributed by atoms with Gasteiger partial charge in [0.1, 0.15) is 5.69 Å². The first-order valence-corrected chi connectivity index (χ1v) is 6.21. The number of benzene rings is 1. The Labute approximate surface area is 117 Å². The third-order valence-electron chi connectivity index (χ3n) is 2.93. The Hall–Kier alpha value is -1.70. The Kier molecular flexibility index (Phi) is 5.87. The average molecular weight is 284 g/mol. The van der Waals surface area contributed by atoms with Crippen LogP contribution in [0.3, 0.4) is 0 Å². The van der Waals surface area contributed by atoms with Gasteiger partial charge in [0.25, 0.3) is 5.69 Å². The zero-order chi connectivity index (χ0) is 15.3. The molecule has 0 saturated heterocycles. The van der Waals surface area contributed by atoms with Gasteiger partial charge in [0.05, 0.1) is 23.7 Å². The molecular formula is C13H20N2O5. The van der Waals surface area contributed by atoms with Crippen LogP contribution in [0.25, 0.3) is 0 Å². The molecule has 2 N–H and O–H groups in total. The summed E-state index contributed by atoms with van der Waals surface area (Å²) in [6.07, 6.45) is -1.51. The van der Waals surface area contributed by atoms with Gasteiger partial charge in [-0.1, -0.05) is 6.07 Å². The lowest BCUT2D eigenvalue weighted by molar-refractivity contribution is -0.384. The summed E-state index contributed by atoms with van der Waals surface area (Å²) in [7, 11) is 3.13. The van der Waals surface area contributed by atoms with Crippen molar-refractivity contribution in [2.75, 3.05) is 32.2 Å². The highest BCUT2D eigenvalue weighted by atomic mass is 16.6. The Morgan fingerprint density at radius 2 is 2.10 bits per heavy atom. The Morgan fingerprint density at radius 3 is 2.60 bits per heavy atom. The molecule has 0 saturated carbocycles. The van der Waals surface area contributed by atoms with Crippen molar-refractivity contribution in [1.29, 1.82) is 0 Å². The molecule has 7 nitrogen and oxygen atoms in total. The third-order valence-corrected chi connectivity index (χ3v) is 2.93. The maximum atomic E-state index is 11.1. The van der Waals surface area contributed by atoms with Crippen LogP contribution in [0.5, 0.6) is 0 Å². The molecule has 7 heteroatoms. The third kappa shape index (κ3) is 4.16. The number of nitrogens with zero attached hydrogens (tertiary/aromatic N) is 2. The zero-order valence-corrected chi connectivity index (χ0v) is 11.8. The molecule has 0 aliphatic rings. The second-order valence-corrected chi connectivity index (χ2v) is 4.67. The van der Waals surface area contributed by atoms with Gasteiger partial charge in [-0.25, -0.2) is 0 Å². The van der Waals surface area contributed by atoms with Gasteiger partial charge in [-0.2, -0.15) is 0 Å². The quantitative estimate of drug-likeness (QED) is 0.575. The first-order valence-electron chi connectivity index (χ1n) is 6.21. The van der Waals surface area contributed by atoms with Crippen LogP contribution in [0.2, 0.25) is 0 Å². The summed E-state index contributed by atoms with van der Waals surface area (Å²) in [5.41, 5.74) is 0.761. The molecule has 2 atom stereocenters. The summed E-state index contributed by atoms with van der Waals surface area (Å²) in [5.74, 6) is 0. The van der Waals surface area contributed by atoms with Crippen molar-refractivity contribution in [3.63, 3.8) is 0 Å². The fraction of sp³-hybridized carbons (Fsp3) is 0.538. The molecule has 0 aliphatic heterocycles. The molecule has 0 aliphatic carbocycles. The standard InChI is InChI=1S/C13H20N2O5/c1-9(16)10-4-5-12(13(6-10)15(18)19)14(2)7-11(17)8-20-3/h4-6,9,11,16-17H,7-8H2,1-3H3/t9-,11?/m1/s1. The Balaban J connectivity index is 3.01. The van der Waals surface area contributed by atoms with Crippen LogP contribution in [-0.2, 0) is 4.74 Å². The minimum Gasteiger partial charge on any atom is -0.389 e. The summed E-state index contributed by atoms with van der Waals surface area (Å²) in [6, 6.07) is 4.55. The monoisotopic (exact) mass is 284 g/mol. The molecule has 0 aromatic heterocycles. The summed E-state index contributed by atoms with van der Waals surface area (Å²) >= 11 is 0. The first-order chi connectivity index (χ1) is 9.36. The number of nitro groups is 1. The van der Waals surface area contributed by atoms with Crippen molar-refractivity contribution in [2.24, 2.45) is 0 Å². The predicted octanol–water partition coefficient (Wildman–Crippen LogP) is 1.09. The number of anilines is 1. The number of likely N-dealkylation sites (N-methyl/N-ethyl adjacent to an activating group) is 1. The summed E-state index contributed by atoms with van der Waals surface area (Å²) in [5, 5.41) is 30.3. The molecule has 1 rings (SSSR count). The SMILES string of the molecule is COCC(O)CN(C)c1ccc([C@@H](C)O)cc1[N+](=O)[O-]. The number of aliphatic hydroxyl groups excluding tert-OH is 2. The molecule has 0 bridgehead atoms. The lowest BCUT2D eigenvalue weighted by Gasteiger charge is -2.22. The number of methoxy groups -OCH3 is 1. The van der Waals surface area contributed by atoms with Gasteiger partial charge < -0.3 is 19.8 Å². The zero-order valence-electron chi connectivity index (χ0n) is 11.8. The molecule has 0 heterocycles. The van der Waals surface area contributed by atoms with E-state index < -0.39 is 17.1 Å². The smallest absolute Gasteiger partial charge is 0.292 e. The van der Waals surface area contributed by atoms with E-state index in [-0.39, 0.29) is 18.8 Å². The second-order valence-electron chi connectivity index (χ2n) is 4.67. The lowest BCUT2D eigenvalue weighted by Crippen LogP contribution is -2.32. The number of rotatable bonds is 7. The predicted molar refractivity (Wildman–Crippen MR) is 74.9 cm³/mol. The molecular weight excluding hydrogens is 264 g/mol. The van der Waals surface area contributed by atoms with Gasteiger partial charge >= 0.3 is 0 Å². The maximum absolute atomic E-state index is 11.1. The highest BCUT2D eigenvalue weighted by molar-refractivity contribution is 5.64. The molecule has 0 amide bonds. The number of nitro benzene ring substituents is 1. The largest absolute Gasteiger partial charge is 0.389 e. The van der Waals surface area contributed by atoms with Crippen molar-refractivity contribution in [3.05, 3.63) is 33.9 Å². The van der Waals surface area contributed by atoms with Crippen molar-refractivity contribution in [2.45, 2.75) is 19.1 Å². The van der Waals surface area contributed by atoms with Gasteiger partial charge in [0.2, 0.25) is 0 Å². The van der Waals surface area contributed by atoms with E-state index in [2.05, 4.69) is 0 Å². The van der Waals surface area contributed by atoms with Crippen LogP contribution >= 0.6 is 0 Å². The highest BCUT2D eigenvalue weighted by Gasteiger charge is 2.20. The summed E-state index contributed by atoms with van der Waals surface area (Å²) in [6.45, 7) is 1.91. The Bertz CT molecular complexity index is 464. The minimum atomic E-state index is -0.771. The number of hydrogen-bond acceptors (Lipinski definition) is 6. The first kappa shape index (κ1) is 16.4. The van der Waals surface area contributed by atoms with Crippen LogP contribution < -0.4 is 4.90 Å². The van der Waals surface area contributed by atoms with Crippen LogP contribution in [-0.4, -0.2) is 48.5 Å². The van der Waals surface area contributed by atoms with Crippen molar-refractivity contribution in [3.8, 4) is 0 Å². The molecule has 20 heavy (non-hydrogen) atoms. The van der Waals surface area contributed by atoms with Crippen molar-refractivity contribution >= 4 is 11.4 Å². The fourth-order valence-electron chi connectivity index (χ4n) is 1.93. The van der Waals surface area contributed by atoms with Crippen LogP contribution in [0.1, 0.15) is 18.6 Å². The summed E-state index contributed by atoms with van der Waals surface area (Å²) in [4.78, 5) is 12.2. The van der Waals surface area contributed by atoms with E-state index in [4.69, 9.17) is 4.74 Å². The number of hydrogen-bond donors (Lipinski definition) is 2.